The molecule has 29 heavy (non-hydrogen) atoms. The van der Waals surface area contributed by atoms with E-state index in [1.165, 1.54) is 18.2 Å². The van der Waals surface area contributed by atoms with Gasteiger partial charge >= 0.3 is 0 Å². The summed E-state index contributed by atoms with van der Waals surface area (Å²) in [7, 11) is -3.84. The largest absolute Gasteiger partial charge is 0.349 e. The second-order valence-corrected chi connectivity index (χ2v) is 9.50. The third-order valence-corrected chi connectivity index (χ3v) is 5.45. The molecule has 0 saturated heterocycles. The van der Waals surface area contributed by atoms with Gasteiger partial charge in [-0.25, -0.2) is 8.42 Å². The van der Waals surface area contributed by atoms with Crippen molar-refractivity contribution in [2.45, 2.75) is 32.7 Å². The van der Waals surface area contributed by atoms with Crippen LogP contribution >= 0.6 is 0 Å². The molecular weight excluding hydrogens is 394 g/mol. The zero-order valence-corrected chi connectivity index (χ0v) is 17.7. The van der Waals surface area contributed by atoms with Gasteiger partial charge in [-0.3, -0.25) is 19.2 Å². The number of benzene rings is 2. The molecule has 0 aliphatic heterocycles. The molecule has 1 amide bonds. The molecule has 0 bridgehead atoms. The summed E-state index contributed by atoms with van der Waals surface area (Å²) in [6, 6.07) is 13.5. The summed E-state index contributed by atoms with van der Waals surface area (Å²) in [6.45, 7) is 4.86. The third-order valence-electron chi connectivity index (χ3n) is 4.33. The molecule has 0 saturated carbocycles. The van der Waals surface area contributed by atoms with E-state index in [0.29, 0.717) is 12.0 Å². The number of hydrogen-bond donors (Lipinski definition) is 1. The Morgan fingerprint density at radius 1 is 1.17 bits per heavy atom. The van der Waals surface area contributed by atoms with E-state index in [2.05, 4.69) is 5.32 Å². The van der Waals surface area contributed by atoms with Crippen molar-refractivity contribution >= 4 is 27.3 Å². The number of nitro groups is 1. The predicted molar refractivity (Wildman–Crippen MR) is 112 cm³/mol. The minimum absolute atomic E-state index is 0.109. The van der Waals surface area contributed by atoms with E-state index in [0.717, 1.165) is 16.1 Å². The molecule has 0 aliphatic rings. The first-order chi connectivity index (χ1) is 13.4. The fraction of sp³-hybridized carbons (Fsp3) is 0.350. The summed E-state index contributed by atoms with van der Waals surface area (Å²) in [5, 5.41) is 13.9. The Balaban J connectivity index is 2.24. The van der Waals surface area contributed by atoms with Gasteiger partial charge in [0, 0.05) is 17.7 Å². The fourth-order valence-electron chi connectivity index (χ4n) is 3.06. The van der Waals surface area contributed by atoms with Crippen molar-refractivity contribution in [2.24, 2.45) is 0 Å². The molecule has 8 nitrogen and oxygen atoms in total. The van der Waals surface area contributed by atoms with Crippen LogP contribution in [-0.2, 0) is 21.2 Å². The van der Waals surface area contributed by atoms with Crippen LogP contribution < -0.4 is 9.62 Å². The average Bonchev–Trinajstić information content (AvgIpc) is 2.59. The monoisotopic (exact) mass is 419 g/mol. The molecule has 0 aliphatic carbocycles. The molecule has 2 aromatic rings. The highest BCUT2D eigenvalue weighted by molar-refractivity contribution is 7.92. The van der Waals surface area contributed by atoms with Crippen LogP contribution in [0.2, 0.25) is 0 Å². The normalized spacial score (nSPS) is 11.7. The van der Waals surface area contributed by atoms with Crippen molar-refractivity contribution in [2.75, 3.05) is 17.1 Å². The molecule has 0 radical (unpaired) electrons. The molecule has 0 spiro atoms. The smallest absolute Gasteiger partial charge is 0.271 e. The van der Waals surface area contributed by atoms with Crippen LogP contribution in [0.1, 0.15) is 25.0 Å². The summed E-state index contributed by atoms with van der Waals surface area (Å²) >= 11 is 0. The number of rotatable bonds is 8. The average molecular weight is 420 g/mol. The summed E-state index contributed by atoms with van der Waals surface area (Å²) < 4.78 is 25.6. The predicted octanol–water partition coefficient (Wildman–Crippen LogP) is 2.81. The molecule has 9 heteroatoms. The van der Waals surface area contributed by atoms with E-state index in [-0.39, 0.29) is 11.4 Å². The van der Waals surface area contributed by atoms with Crippen LogP contribution in [0.3, 0.4) is 0 Å². The number of nitro benzene ring substituents is 1. The molecule has 0 fully saturated rings. The first-order valence-corrected chi connectivity index (χ1v) is 10.8. The Morgan fingerprint density at radius 2 is 1.79 bits per heavy atom. The van der Waals surface area contributed by atoms with Crippen molar-refractivity contribution in [1.82, 2.24) is 5.32 Å². The van der Waals surface area contributed by atoms with Gasteiger partial charge in [-0.2, -0.15) is 0 Å². The van der Waals surface area contributed by atoms with Crippen LogP contribution in [-0.4, -0.2) is 37.6 Å². The number of sulfonamides is 1. The second kappa shape index (κ2) is 8.60. The van der Waals surface area contributed by atoms with Gasteiger partial charge in [0.2, 0.25) is 15.9 Å². The van der Waals surface area contributed by atoms with Crippen LogP contribution in [0.5, 0.6) is 0 Å². The summed E-state index contributed by atoms with van der Waals surface area (Å²) in [5.41, 5.74) is 0.797. The van der Waals surface area contributed by atoms with Crippen molar-refractivity contribution in [3.05, 3.63) is 69.8 Å². The van der Waals surface area contributed by atoms with Gasteiger partial charge < -0.3 is 5.32 Å². The quantitative estimate of drug-likeness (QED) is 0.523. The number of nitrogens with one attached hydrogen (secondary N) is 1. The lowest BCUT2D eigenvalue weighted by atomic mass is 9.95. The lowest BCUT2D eigenvalue weighted by Crippen LogP contribution is -2.50. The zero-order chi connectivity index (χ0) is 21.8. The van der Waals surface area contributed by atoms with Gasteiger partial charge in [0.25, 0.3) is 5.69 Å². The Bertz CT molecular complexity index is 1000. The summed E-state index contributed by atoms with van der Waals surface area (Å²) in [5.74, 6) is -0.498. The molecule has 0 heterocycles. The Hall–Kier alpha value is -2.94. The van der Waals surface area contributed by atoms with Gasteiger partial charge in [-0.15, -0.1) is 0 Å². The number of hydrogen-bond acceptors (Lipinski definition) is 5. The Kier molecular flexibility index (Phi) is 6.63. The first-order valence-electron chi connectivity index (χ1n) is 8.97. The Labute approximate surface area is 170 Å². The minimum Gasteiger partial charge on any atom is -0.349 e. The van der Waals surface area contributed by atoms with E-state index in [4.69, 9.17) is 0 Å². The van der Waals surface area contributed by atoms with Crippen molar-refractivity contribution in [3.63, 3.8) is 0 Å². The fourth-order valence-corrected chi connectivity index (χ4v) is 3.96. The van der Waals surface area contributed by atoms with E-state index in [1.807, 2.05) is 44.2 Å². The van der Waals surface area contributed by atoms with Crippen molar-refractivity contribution in [1.29, 1.82) is 0 Å². The van der Waals surface area contributed by atoms with Crippen molar-refractivity contribution < 1.29 is 18.1 Å². The lowest BCUT2D eigenvalue weighted by Gasteiger charge is -2.29. The molecule has 1 N–H and O–H groups in total. The number of carbonyl (C=O) groups excluding carboxylic acids is 1. The minimum atomic E-state index is -3.84. The number of carbonyl (C=O) groups is 1. The number of amides is 1. The topological polar surface area (TPSA) is 110 Å². The van der Waals surface area contributed by atoms with Gasteiger partial charge in [0.1, 0.15) is 6.54 Å². The maximum absolute atomic E-state index is 12.7. The standard InChI is InChI=1S/C20H25N3O5S/c1-15-10-11-17(23(25)26)12-18(15)22(29(4,27)28)14-19(24)21-20(2,3)13-16-8-6-5-7-9-16/h5-12H,13-14H2,1-4H3,(H,21,24). The van der Waals surface area contributed by atoms with Gasteiger partial charge in [-0.05, 0) is 38.3 Å². The highest BCUT2D eigenvalue weighted by atomic mass is 32.2. The van der Waals surface area contributed by atoms with Crippen LogP contribution in [0.25, 0.3) is 0 Å². The maximum atomic E-state index is 12.7. The van der Waals surface area contributed by atoms with Gasteiger partial charge in [-0.1, -0.05) is 36.4 Å². The van der Waals surface area contributed by atoms with E-state index in [9.17, 15) is 23.3 Å². The summed E-state index contributed by atoms with van der Waals surface area (Å²) in [4.78, 5) is 23.1. The highest BCUT2D eigenvalue weighted by Crippen LogP contribution is 2.27. The molecule has 0 unspecified atom stereocenters. The molecule has 0 aromatic heterocycles. The van der Waals surface area contributed by atoms with E-state index < -0.39 is 32.9 Å². The molecule has 0 atom stereocenters. The Morgan fingerprint density at radius 3 is 2.34 bits per heavy atom. The lowest BCUT2D eigenvalue weighted by molar-refractivity contribution is -0.384. The van der Waals surface area contributed by atoms with Crippen LogP contribution in [0, 0.1) is 17.0 Å². The molecular formula is C20H25N3O5S. The van der Waals surface area contributed by atoms with Gasteiger partial charge in [0.05, 0.1) is 16.9 Å². The van der Waals surface area contributed by atoms with Crippen LogP contribution in [0.15, 0.2) is 48.5 Å². The molecule has 2 aromatic carbocycles. The van der Waals surface area contributed by atoms with Crippen LogP contribution in [0.4, 0.5) is 11.4 Å². The highest BCUT2D eigenvalue weighted by Gasteiger charge is 2.27. The first kappa shape index (κ1) is 22.4. The molecule has 156 valence electrons. The number of anilines is 1. The SMILES string of the molecule is Cc1ccc([N+](=O)[O-])cc1N(CC(=O)NC(C)(C)Cc1ccccc1)S(C)(=O)=O. The third kappa shape index (κ3) is 6.28. The van der Waals surface area contributed by atoms with Crippen molar-refractivity contribution in [3.8, 4) is 0 Å². The second-order valence-electron chi connectivity index (χ2n) is 7.59. The summed E-state index contributed by atoms with van der Waals surface area (Å²) in [6.07, 6.45) is 1.53. The van der Waals surface area contributed by atoms with Gasteiger partial charge in [0.15, 0.2) is 0 Å². The van der Waals surface area contributed by atoms with E-state index in [1.54, 1.807) is 6.92 Å². The zero-order valence-electron chi connectivity index (χ0n) is 16.9. The number of nitrogens with zero attached hydrogens (tertiary/aromatic N) is 2. The number of non-ortho nitro benzene ring substituents is 1. The number of aryl methyl sites for hydroxylation is 1. The maximum Gasteiger partial charge on any atom is 0.271 e. The molecule has 2 rings (SSSR count). The van der Waals surface area contributed by atoms with E-state index >= 15 is 0 Å².